The van der Waals surface area contributed by atoms with Crippen LogP contribution in [-0.4, -0.2) is 34.5 Å². The van der Waals surface area contributed by atoms with E-state index in [1.165, 1.54) is 0 Å². The van der Waals surface area contributed by atoms with Gasteiger partial charge in [-0.1, -0.05) is 17.7 Å². The van der Waals surface area contributed by atoms with Crippen LogP contribution in [0, 0.1) is 12.7 Å². The number of halogens is 3. The van der Waals surface area contributed by atoms with Gasteiger partial charge >= 0.3 is 0 Å². The van der Waals surface area contributed by atoms with Crippen LogP contribution in [0.5, 0.6) is 0 Å². The van der Waals surface area contributed by atoms with E-state index in [9.17, 15) is 9.18 Å². The molecule has 1 aromatic heterocycles. The van der Waals surface area contributed by atoms with E-state index < -0.39 is 69.3 Å². The van der Waals surface area contributed by atoms with E-state index in [1.807, 2.05) is 0 Å². The van der Waals surface area contributed by atoms with Gasteiger partial charge in [0.2, 0.25) is 0 Å². The molecule has 0 bridgehead atoms. The van der Waals surface area contributed by atoms with Gasteiger partial charge in [0.1, 0.15) is 11.5 Å². The number of aryl methyl sites for hydroxylation is 2. The van der Waals surface area contributed by atoms with Crippen LogP contribution in [-0.2, 0) is 6.37 Å². The van der Waals surface area contributed by atoms with Crippen molar-refractivity contribution in [2.45, 2.75) is 44.5 Å². The van der Waals surface area contributed by atoms with E-state index in [1.54, 1.807) is 0 Å². The van der Waals surface area contributed by atoms with E-state index in [2.05, 4.69) is 4.98 Å². The number of nitrogens with zero attached hydrogens (tertiary/aromatic N) is 2. The van der Waals surface area contributed by atoms with Crippen molar-refractivity contribution in [3.05, 3.63) is 64.2 Å². The lowest BCUT2D eigenvalue weighted by Crippen LogP contribution is -2.44. The first kappa shape index (κ1) is 11.1. The third kappa shape index (κ3) is 5.04. The van der Waals surface area contributed by atoms with E-state index in [0.717, 1.165) is 36.5 Å². The van der Waals surface area contributed by atoms with Crippen LogP contribution < -0.4 is 0 Å². The monoisotopic (exact) mass is 401 g/mol. The molecule has 144 valence electrons. The van der Waals surface area contributed by atoms with E-state index in [0.29, 0.717) is 4.90 Å². The van der Waals surface area contributed by atoms with Crippen LogP contribution in [0.1, 0.15) is 59.6 Å². The number of amides is 1. The minimum absolute atomic E-state index is 0.123. The average Bonchev–Trinajstić information content (AvgIpc) is 2.73. The molecule has 0 radical (unpaired) electrons. The second kappa shape index (κ2) is 8.34. The summed E-state index contributed by atoms with van der Waals surface area (Å²) in [6.45, 7) is -5.64. The van der Waals surface area contributed by atoms with Gasteiger partial charge in [0.05, 0.1) is 5.02 Å². The number of aromatic nitrogens is 1. The summed E-state index contributed by atoms with van der Waals surface area (Å²) >= 11 is 5.70. The Labute approximate surface area is 176 Å². The Hall–Kier alpha value is -2.01. The first-order chi connectivity index (χ1) is 16.3. The van der Waals surface area contributed by atoms with Crippen molar-refractivity contribution < 1.29 is 25.9 Å². The molecule has 1 aliphatic heterocycles. The Kier molecular flexibility index (Phi) is 3.43. The van der Waals surface area contributed by atoms with Crippen molar-refractivity contribution in [3.8, 4) is 0 Å². The zero-order chi connectivity index (χ0) is 27.3. The highest BCUT2D eigenvalue weighted by molar-refractivity contribution is 6.31. The minimum atomic E-state index is -2.89. The summed E-state index contributed by atoms with van der Waals surface area (Å²) in [6.07, 6.45) is -7.18. The van der Waals surface area contributed by atoms with Crippen molar-refractivity contribution in [1.82, 2.24) is 9.88 Å². The molecular formula is C21H23ClF2N2O. The van der Waals surface area contributed by atoms with Crippen molar-refractivity contribution >= 4 is 17.5 Å². The van der Waals surface area contributed by atoms with Crippen LogP contribution in [0.25, 0.3) is 0 Å². The topological polar surface area (TPSA) is 33.2 Å². The quantitative estimate of drug-likeness (QED) is 0.694. The van der Waals surface area contributed by atoms with Gasteiger partial charge in [-0.05, 0) is 68.7 Å². The Morgan fingerprint density at radius 3 is 2.96 bits per heavy atom. The normalized spacial score (nSPS) is 28.3. The molecule has 0 aliphatic carbocycles. The molecule has 1 unspecified atom stereocenters. The first-order valence-electron chi connectivity index (χ1n) is 12.7. The van der Waals surface area contributed by atoms with Gasteiger partial charge in [0.25, 0.3) is 5.91 Å². The van der Waals surface area contributed by atoms with Gasteiger partial charge in [-0.25, -0.2) is 8.78 Å². The third-order valence-electron chi connectivity index (χ3n) is 4.13. The molecular weight excluding hydrogens is 370 g/mol. The Bertz CT molecular complexity index is 1150. The number of carbonyl (C=O) groups excluding carboxylic acids is 1. The maximum Gasteiger partial charge on any atom is 0.253 e. The number of rotatable bonds is 5. The largest absolute Gasteiger partial charge is 0.338 e. The summed E-state index contributed by atoms with van der Waals surface area (Å²) < 4.78 is 101. The average molecular weight is 402 g/mol. The predicted octanol–water partition coefficient (Wildman–Crippen LogP) is 5.15. The zero-order valence-electron chi connectivity index (χ0n) is 23.2. The highest BCUT2D eigenvalue weighted by Gasteiger charge is 2.35. The number of carbonyl (C=O) groups is 1. The number of pyridine rings is 1. The van der Waals surface area contributed by atoms with Crippen molar-refractivity contribution in [2.24, 2.45) is 0 Å². The summed E-state index contributed by atoms with van der Waals surface area (Å²) in [5.41, 5.74) is -3.41. The fourth-order valence-electron chi connectivity index (χ4n) is 2.58. The molecule has 1 atom stereocenters. The lowest BCUT2D eigenvalue weighted by Gasteiger charge is -2.36. The molecule has 1 amide bonds. The van der Waals surface area contributed by atoms with Gasteiger partial charge in [-0.15, -0.1) is 0 Å². The van der Waals surface area contributed by atoms with Gasteiger partial charge < -0.3 is 4.90 Å². The van der Waals surface area contributed by atoms with Crippen LogP contribution in [0.15, 0.2) is 36.5 Å². The van der Waals surface area contributed by atoms with Crippen LogP contribution >= 0.6 is 11.6 Å². The summed E-state index contributed by atoms with van der Waals surface area (Å²) in [5.74, 6) is -1.65. The predicted molar refractivity (Wildman–Crippen MR) is 102 cm³/mol. The van der Waals surface area contributed by atoms with Gasteiger partial charge in [-0.2, -0.15) is 0 Å². The number of piperidine rings is 1. The number of hydrogen-bond acceptors (Lipinski definition) is 2. The summed E-state index contributed by atoms with van der Waals surface area (Å²) in [4.78, 5) is 17.3. The van der Waals surface area contributed by atoms with E-state index in [-0.39, 0.29) is 21.8 Å². The highest BCUT2D eigenvalue weighted by atomic mass is 35.5. The molecule has 2 aromatic rings. The van der Waals surface area contributed by atoms with Crippen molar-refractivity contribution in [3.63, 3.8) is 0 Å². The molecule has 1 aliphatic rings. The van der Waals surface area contributed by atoms with Crippen LogP contribution in [0.2, 0.25) is 5.02 Å². The maximum absolute atomic E-state index is 16.0. The molecule has 3 nitrogen and oxygen atoms in total. The molecule has 2 heterocycles. The molecule has 6 heteroatoms. The minimum Gasteiger partial charge on any atom is -0.338 e. The fraction of sp³-hybridized carbons (Fsp3) is 0.429. The second-order valence-electron chi connectivity index (χ2n) is 6.10. The number of hydrogen-bond donors (Lipinski definition) is 0. The first-order valence-corrected chi connectivity index (χ1v) is 8.60. The standard InChI is InChI=1S/C21H23ClF2N2O/c1-15-4-6-17(25-14-15)3-2-8-21(24)9-11-26(12-10-21)20(27)16-5-7-19(23)18(22)13-16/h4-7,13-14H,2-3,8-12H2,1H3/i1D3,3D2,8D2,11D2. The third-order valence-corrected chi connectivity index (χ3v) is 4.42. The molecule has 27 heavy (non-hydrogen) atoms. The van der Waals surface area contributed by atoms with Gasteiger partial charge in [0, 0.05) is 42.8 Å². The highest BCUT2D eigenvalue weighted by Crippen LogP contribution is 2.32. The second-order valence-corrected chi connectivity index (χ2v) is 6.51. The molecule has 1 aromatic carbocycles. The zero-order valence-corrected chi connectivity index (χ0v) is 15.0. The SMILES string of the molecule is [2H]C([2H])([2H])c1ccc(C([2H])([2H])CC([2H])([2H])C2(F)CCN(C(=O)c3ccc(F)c(Cl)c3)C([2H])([2H])C2)nc1. The fourth-order valence-corrected chi connectivity index (χ4v) is 2.76. The number of alkyl halides is 1. The molecule has 0 saturated carbocycles. The summed E-state index contributed by atoms with van der Waals surface area (Å²) in [5, 5.41) is -0.350. The van der Waals surface area contributed by atoms with Gasteiger partial charge in [0.15, 0.2) is 0 Å². The molecule has 1 saturated heterocycles. The lowest BCUT2D eigenvalue weighted by molar-refractivity contribution is 0.0389. The smallest absolute Gasteiger partial charge is 0.253 e. The molecule has 1 fully saturated rings. The van der Waals surface area contributed by atoms with Crippen LogP contribution in [0.3, 0.4) is 0 Å². The van der Waals surface area contributed by atoms with E-state index >= 15 is 4.39 Å². The lowest BCUT2D eigenvalue weighted by atomic mass is 9.87. The van der Waals surface area contributed by atoms with Crippen LogP contribution in [0.4, 0.5) is 8.78 Å². The van der Waals surface area contributed by atoms with E-state index in [4.69, 9.17) is 23.9 Å². The molecule has 3 rings (SSSR count). The summed E-state index contributed by atoms with van der Waals surface area (Å²) in [6, 6.07) is 5.30. The Morgan fingerprint density at radius 1 is 1.44 bits per heavy atom. The number of likely N-dealkylation sites (tertiary alicyclic amines) is 1. The van der Waals surface area contributed by atoms with Crippen molar-refractivity contribution in [1.29, 1.82) is 0 Å². The summed E-state index contributed by atoms with van der Waals surface area (Å²) in [7, 11) is 0. The van der Waals surface area contributed by atoms with Crippen molar-refractivity contribution in [2.75, 3.05) is 13.0 Å². The number of benzene rings is 1. The molecule has 0 spiro atoms. The Morgan fingerprint density at radius 2 is 2.30 bits per heavy atom. The maximum atomic E-state index is 16.0. The molecule has 0 N–H and O–H groups in total. The Balaban J connectivity index is 1.80. The van der Waals surface area contributed by atoms with Gasteiger partial charge in [-0.3, -0.25) is 9.78 Å².